The predicted molar refractivity (Wildman–Crippen MR) is 88.4 cm³/mol. The predicted octanol–water partition coefficient (Wildman–Crippen LogP) is 3.42. The zero-order valence-electron chi connectivity index (χ0n) is 12.7. The lowest BCUT2D eigenvalue weighted by Gasteiger charge is -2.22. The maximum absolute atomic E-state index is 10.4. The molecule has 2 unspecified atom stereocenters. The van der Waals surface area contributed by atoms with Crippen molar-refractivity contribution in [3.63, 3.8) is 0 Å². The topological polar surface area (TPSA) is 46.2 Å². The maximum atomic E-state index is 10.4. The van der Waals surface area contributed by atoms with Gasteiger partial charge in [-0.3, -0.25) is 0 Å². The Hall–Kier alpha value is -1.64. The van der Waals surface area contributed by atoms with Gasteiger partial charge in [0.15, 0.2) is 0 Å². The summed E-state index contributed by atoms with van der Waals surface area (Å²) in [6, 6.07) is 18.7. The van der Waals surface area contributed by atoms with Gasteiger partial charge in [0.05, 0.1) is 6.10 Å². The van der Waals surface area contributed by atoms with E-state index in [0.29, 0.717) is 6.54 Å². The Morgan fingerprint density at radius 1 is 1.00 bits per heavy atom. The molecule has 0 saturated carbocycles. The van der Waals surface area contributed by atoms with Crippen molar-refractivity contribution < 1.29 is 5.11 Å². The van der Waals surface area contributed by atoms with Crippen LogP contribution in [0, 0.1) is 6.92 Å². The Labute approximate surface area is 127 Å². The van der Waals surface area contributed by atoms with Crippen molar-refractivity contribution in [3.05, 3.63) is 71.3 Å². The average molecular weight is 283 g/mol. The van der Waals surface area contributed by atoms with Gasteiger partial charge < -0.3 is 10.8 Å². The molecule has 0 spiro atoms. The second kappa shape index (κ2) is 7.96. The quantitative estimate of drug-likeness (QED) is 0.818. The fraction of sp³-hybridized carbons (Fsp3) is 0.368. The van der Waals surface area contributed by atoms with E-state index in [-0.39, 0.29) is 12.0 Å². The van der Waals surface area contributed by atoms with E-state index in [0.717, 1.165) is 24.8 Å². The molecule has 0 aliphatic heterocycles. The molecular weight excluding hydrogens is 258 g/mol. The van der Waals surface area contributed by atoms with Crippen LogP contribution in [-0.2, 0) is 6.42 Å². The molecule has 112 valence electrons. The first-order chi connectivity index (χ1) is 10.2. The SMILES string of the molecule is Cc1ccc(C(CN)C(O)CCCc2ccccc2)cc1. The van der Waals surface area contributed by atoms with Crippen LogP contribution in [0.1, 0.15) is 35.4 Å². The normalized spacial score (nSPS) is 13.9. The molecule has 3 N–H and O–H groups in total. The summed E-state index contributed by atoms with van der Waals surface area (Å²) in [5.74, 6) is 0.0290. The lowest BCUT2D eigenvalue weighted by molar-refractivity contribution is 0.133. The van der Waals surface area contributed by atoms with Crippen LogP contribution in [0.4, 0.5) is 0 Å². The molecule has 2 aromatic carbocycles. The minimum Gasteiger partial charge on any atom is -0.392 e. The molecule has 0 aliphatic rings. The van der Waals surface area contributed by atoms with Gasteiger partial charge in [0, 0.05) is 12.5 Å². The average Bonchev–Trinajstić information content (AvgIpc) is 2.51. The Bertz CT molecular complexity index is 521. The molecule has 0 amide bonds. The monoisotopic (exact) mass is 283 g/mol. The van der Waals surface area contributed by atoms with E-state index in [9.17, 15) is 5.11 Å². The van der Waals surface area contributed by atoms with Gasteiger partial charge in [-0.2, -0.15) is 0 Å². The highest BCUT2D eigenvalue weighted by Gasteiger charge is 2.19. The molecule has 0 aliphatic carbocycles. The molecule has 2 atom stereocenters. The van der Waals surface area contributed by atoms with Crippen molar-refractivity contribution in [1.82, 2.24) is 0 Å². The van der Waals surface area contributed by atoms with E-state index in [1.54, 1.807) is 0 Å². The molecule has 21 heavy (non-hydrogen) atoms. The zero-order valence-corrected chi connectivity index (χ0v) is 12.7. The van der Waals surface area contributed by atoms with Crippen molar-refractivity contribution in [2.24, 2.45) is 5.73 Å². The smallest absolute Gasteiger partial charge is 0.0621 e. The Morgan fingerprint density at radius 2 is 1.67 bits per heavy atom. The van der Waals surface area contributed by atoms with Gasteiger partial charge in [-0.1, -0.05) is 60.2 Å². The lowest BCUT2D eigenvalue weighted by Crippen LogP contribution is -2.26. The summed E-state index contributed by atoms with van der Waals surface area (Å²) < 4.78 is 0. The lowest BCUT2D eigenvalue weighted by atomic mass is 9.89. The van der Waals surface area contributed by atoms with Gasteiger partial charge in [0.1, 0.15) is 0 Å². The third-order valence-electron chi connectivity index (χ3n) is 4.03. The van der Waals surface area contributed by atoms with Crippen molar-refractivity contribution in [1.29, 1.82) is 0 Å². The van der Waals surface area contributed by atoms with Crippen LogP contribution in [0.15, 0.2) is 54.6 Å². The number of hydrogen-bond acceptors (Lipinski definition) is 2. The van der Waals surface area contributed by atoms with Crippen molar-refractivity contribution >= 4 is 0 Å². The molecule has 2 aromatic rings. The number of aliphatic hydroxyl groups is 1. The van der Waals surface area contributed by atoms with E-state index in [2.05, 4.69) is 55.5 Å². The minimum absolute atomic E-state index is 0.0290. The van der Waals surface area contributed by atoms with Gasteiger partial charge >= 0.3 is 0 Å². The fourth-order valence-corrected chi connectivity index (χ4v) is 2.69. The van der Waals surface area contributed by atoms with Crippen LogP contribution in [0.25, 0.3) is 0 Å². The Balaban J connectivity index is 1.88. The summed E-state index contributed by atoms with van der Waals surface area (Å²) in [4.78, 5) is 0. The van der Waals surface area contributed by atoms with Gasteiger partial charge in [-0.05, 0) is 37.3 Å². The Kier molecular flexibility index (Phi) is 5.97. The molecule has 0 aromatic heterocycles. The Morgan fingerprint density at radius 3 is 2.29 bits per heavy atom. The highest BCUT2D eigenvalue weighted by atomic mass is 16.3. The molecule has 0 fully saturated rings. The zero-order chi connectivity index (χ0) is 15.1. The van der Waals surface area contributed by atoms with Crippen LogP contribution < -0.4 is 5.73 Å². The second-order valence-corrected chi connectivity index (χ2v) is 5.70. The second-order valence-electron chi connectivity index (χ2n) is 5.70. The van der Waals surface area contributed by atoms with Crippen molar-refractivity contribution in [2.75, 3.05) is 6.54 Å². The molecule has 2 heteroatoms. The van der Waals surface area contributed by atoms with Gasteiger partial charge in [0.25, 0.3) is 0 Å². The maximum Gasteiger partial charge on any atom is 0.0621 e. The first kappa shape index (κ1) is 15.7. The van der Waals surface area contributed by atoms with Crippen LogP contribution in [0.5, 0.6) is 0 Å². The van der Waals surface area contributed by atoms with E-state index in [1.807, 2.05) is 6.07 Å². The molecule has 2 rings (SSSR count). The highest BCUT2D eigenvalue weighted by molar-refractivity contribution is 5.25. The molecule has 0 radical (unpaired) electrons. The number of hydrogen-bond donors (Lipinski definition) is 2. The van der Waals surface area contributed by atoms with Crippen LogP contribution in [-0.4, -0.2) is 17.8 Å². The van der Waals surface area contributed by atoms with Gasteiger partial charge in [0.2, 0.25) is 0 Å². The van der Waals surface area contributed by atoms with Crippen LogP contribution in [0.2, 0.25) is 0 Å². The summed E-state index contributed by atoms with van der Waals surface area (Å²) in [7, 11) is 0. The fourth-order valence-electron chi connectivity index (χ4n) is 2.69. The number of aryl methyl sites for hydroxylation is 2. The summed E-state index contributed by atoms with van der Waals surface area (Å²) >= 11 is 0. The summed E-state index contributed by atoms with van der Waals surface area (Å²) in [5, 5.41) is 10.4. The largest absolute Gasteiger partial charge is 0.392 e. The standard InChI is InChI=1S/C19H25NO/c1-15-10-12-17(13-11-15)18(14-20)19(21)9-5-8-16-6-3-2-4-7-16/h2-4,6-7,10-13,18-19,21H,5,8-9,14,20H2,1H3. The summed E-state index contributed by atoms with van der Waals surface area (Å²) in [6.45, 7) is 2.55. The van der Waals surface area contributed by atoms with Crippen LogP contribution in [0.3, 0.4) is 0 Å². The highest BCUT2D eigenvalue weighted by Crippen LogP contribution is 2.22. The van der Waals surface area contributed by atoms with Crippen molar-refractivity contribution in [2.45, 2.75) is 38.2 Å². The molecule has 0 bridgehead atoms. The molecule has 0 heterocycles. The summed E-state index contributed by atoms with van der Waals surface area (Å²) in [6.07, 6.45) is 2.39. The van der Waals surface area contributed by atoms with E-state index in [4.69, 9.17) is 5.73 Å². The number of nitrogens with two attached hydrogens (primary N) is 1. The molecule has 2 nitrogen and oxygen atoms in total. The van der Waals surface area contributed by atoms with E-state index in [1.165, 1.54) is 11.1 Å². The third-order valence-corrected chi connectivity index (χ3v) is 4.03. The molecule has 0 saturated heterocycles. The number of benzene rings is 2. The van der Waals surface area contributed by atoms with E-state index < -0.39 is 0 Å². The minimum atomic E-state index is -0.374. The first-order valence-electron chi connectivity index (χ1n) is 7.69. The van der Waals surface area contributed by atoms with Gasteiger partial charge in [-0.15, -0.1) is 0 Å². The first-order valence-corrected chi connectivity index (χ1v) is 7.69. The van der Waals surface area contributed by atoms with Crippen LogP contribution >= 0.6 is 0 Å². The number of rotatable bonds is 7. The number of aliphatic hydroxyl groups excluding tert-OH is 1. The van der Waals surface area contributed by atoms with Gasteiger partial charge in [-0.25, -0.2) is 0 Å². The van der Waals surface area contributed by atoms with E-state index >= 15 is 0 Å². The third kappa shape index (κ3) is 4.69. The summed E-state index contributed by atoms with van der Waals surface area (Å²) in [5.41, 5.74) is 9.55. The van der Waals surface area contributed by atoms with Crippen molar-refractivity contribution in [3.8, 4) is 0 Å². The molecular formula is C19H25NO.